The largest absolute Gasteiger partial charge is 0.496 e. The molecule has 0 spiro atoms. The fourth-order valence-electron chi connectivity index (χ4n) is 3.11. The smallest absolute Gasteiger partial charge is 0.220 e. The molecule has 0 N–H and O–H groups in total. The van der Waals surface area contributed by atoms with E-state index in [1.807, 2.05) is 34.7 Å². The second kappa shape index (κ2) is 7.10. The number of carbonyl (C=O) groups excluding carboxylic acids is 1. The molecule has 2 heterocycles. The van der Waals surface area contributed by atoms with E-state index < -0.39 is 0 Å². The highest BCUT2D eigenvalue weighted by Gasteiger charge is 2.31. The number of hydrogen-bond donors (Lipinski definition) is 0. The third-order valence-corrected chi connectivity index (χ3v) is 4.87. The third kappa shape index (κ3) is 3.54. The molecule has 0 bridgehead atoms. The van der Waals surface area contributed by atoms with Gasteiger partial charge in [-0.1, -0.05) is 18.2 Å². The molecular formula is C17H21N3O2S. The first-order valence-corrected chi connectivity index (χ1v) is 8.63. The van der Waals surface area contributed by atoms with E-state index in [2.05, 4.69) is 15.3 Å². The lowest BCUT2D eigenvalue weighted by Gasteiger charge is -2.41. The molecule has 5 nitrogen and oxygen atoms in total. The maximum absolute atomic E-state index is 12.1. The van der Waals surface area contributed by atoms with E-state index in [1.165, 1.54) is 0 Å². The van der Waals surface area contributed by atoms with Crippen LogP contribution in [-0.2, 0) is 11.3 Å². The Balaban J connectivity index is 1.84. The van der Waals surface area contributed by atoms with Gasteiger partial charge in [-0.15, -0.1) is 11.3 Å². The van der Waals surface area contributed by atoms with Gasteiger partial charge in [0.25, 0.3) is 0 Å². The van der Waals surface area contributed by atoms with E-state index in [0.717, 1.165) is 43.2 Å². The molecule has 23 heavy (non-hydrogen) atoms. The summed E-state index contributed by atoms with van der Waals surface area (Å²) in [5, 5.41) is 2.08. The Labute approximate surface area is 140 Å². The molecule has 0 saturated carbocycles. The maximum Gasteiger partial charge on any atom is 0.220 e. The molecule has 1 atom stereocenters. The molecule has 2 aromatic rings. The fourth-order valence-corrected chi connectivity index (χ4v) is 3.66. The second-order valence-corrected chi connectivity index (χ2v) is 6.40. The van der Waals surface area contributed by atoms with Crippen LogP contribution < -0.4 is 4.74 Å². The molecule has 1 saturated heterocycles. The number of thiazole rings is 1. The van der Waals surface area contributed by atoms with Crippen LogP contribution >= 0.6 is 11.3 Å². The molecule has 6 heteroatoms. The molecule has 122 valence electrons. The van der Waals surface area contributed by atoms with Gasteiger partial charge in [0.1, 0.15) is 5.75 Å². The lowest BCUT2D eigenvalue weighted by atomic mass is 10.0. The Morgan fingerprint density at radius 3 is 2.91 bits per heavy atom. The fraction of sp³-hybridized carbons (Fsp3) is 0.412. The summed E-state index contributed by atoms with van der Waals surface area (Å²) < 4.78 is 5.50. The molecule has 0 aliphatic carbocycles. The van der Waals surface area contributed by atoms with Crippen LogP contribution in [0.5, 0.6) is 5.75 Å². The van der Waals surface area contributed by atoms with Crippen molar-refractivity contribution in [1.82, 2.24) is 14.8 Å². The first-order valence-electron chi connectivity index (χ1n) is 7.68. The summed E-state index contributed by atoms with van der Waals surface area (Å²) in [7, 11) is 1.67. The van der Waals surface area contributed by atoms with Crippen molar-refractivity contribution in [3.63, 3.8) is 0 Å². The Kier molecular flexibility index (Phi) is 4.93. The summed E-state index contributed by atoms with van der Waals surface area (Å²) in [5.74, 6) is 0.938. The van der Waals surface area contributed by atoms with E-state index >= 15 is 0 Å². The molecule has 1 aliphatic heterocycles. The number of piperazine rings is 1. The second-order valence-electron chi connectivity index (χ2n) is 5.69. The monoisotopic (exact) mass is 331 g/mol. The summed E-state index contributed by atoms with van der Waals surface area (Å²) >= 11 is 1.61. The summed E-state index contributed by atoms with van der Waals surface area (Å²) in [5.41, 5.74) is 4.01. The normalized spacial score (nSPS) is 18.9. The van der Waals surface area contributed by atoms with Crippen molar-refractivity contribution >= 4 is 17.2 Å². The van der Waals surface area contributed by atoms with Crippen molar-refractivity contribution in [3.8, 4) is 5.75 Å². The van der Waals surface area contributed by atoms with Gasteiger partial charge in [0.05, 0.1) is 24.4 Å². The number of rotatable bonds is 4. The third-order valence-electron chi connectivity index (χ3n) is 4.24. The summed E-state index contributed by atoms with van der Waals surface area (Å²) in [4.78, 5) is 20.7. The van der Waals surface area contributed by atoms with Crippen LogP contribution in [0.1, 0.15) is 24.2 Å². The molecule has 1 fully saturated rings. The zero-order chi connectivity index (χ0) is 16.2. The van der Waals surface area contributed by atoms with Crippen LogP contribution in [0.25, 0.3) is 0 Å². The van der Waals surface area contributed by atoms with Crippen molar-refractivity contribution in [2.45, 2.75) is 19.5 Å². The highest BCUT2D eigenvalue weighted by Crippen LogP contribution is 2.32. The molecule has 1 amide bonds. The molecule has 1 aliphatic rings. The van der Waals surface area contributed by atoms with Crippen molar-refractivity contribution < 1.29 is 9.53 Å². The highest BCUT2D eigenvalue weighted by molar-refractivity contribution is 7.07. The quantitative estimate of drug-likeness (QED) is 0.864. The van der Waals surface area contributed by atoms with Gasteiger partial charge < -0.3 is 9.64 Å². The van der Waals surface area contributed by atoms with E-state index in [9.17, 15) is 4.79 Å². The zero-order valence-electron chi connectivity index (χ0n) is 13.4. The molecular weight excluding hydrogens is 310 g/mol. The molecule has 0 radical (unpaired) electrons. The lowest BCUT2D eigenvalue weighted by molar-refractivity contribution is -0.134. The molecule has 1 aromatic heterocycles. The molecule has 3 rings (SSSR count). The number of amides is 1. The highest BCUT2D eigenvalue weighted by atomic mass is 32.1. The average Bonchev–Trinajstić information content (AvgIpc) is 3.07. The Morgan fingerprint density at radius 1 is 1.39 bits per heavy atom. The van der Waals surface area contributed by atoms with Gasteiger partial charge >= 0.3 is 0 Å². The van der Waals surface area contributed by atoms with Gasteiger partial charge in [0.15, 0.2) is 0 Å². The minimum atomic E-state index is 0.0102. The Hall–Kier alpha value is -1.92. The first-order chi connectivity index (χ1) is 11.2. The van der Waals surface area contributed by atoms with Crippen molar-refractivity contribution in [1.29, 1.82) is 0 Å². The summed E-state index contributed by atoms with van der Waals surface area (Å²) in [6.45, 7) is 4.84. The molecule has 1 unspecified atom stereocenters. The standard InChI is InChI=1S/C17H21N3O2S/c1-13(21)20-8-7-19(9-14-11-23-12-18-14)10-16(20)15-5-3-4-6-17(15)22-2/h3-6,11-12,16H,7-10H2,1-2H3. The predicted molar refractivity (Wildman–Crippen MR) is 90.5 cm³/mol. The number of nitrogens with zero attached hydrogens (tertiary/aromatic N) is 3. The van der Waals surface area contributed by atoms with Gasteiger partial charge in [0, 0.05) is 44.0 Å². The number of methoxy groups -OCH3 is 1. The predicted octanol–water partition coefficient (Wildman–Crippen LogP) is 2.56. The van der Waals surface area contributed by atoms with Crippen molar-refractivity contribution in [2.75, 3.05) is 26.7 Å². The maximum atomic E-state index is 12.1. The number of benzene rings is 1. The number of hydrogen-bond acceptors (Lipinski definition) is 5. The zero-order valence-corrected chi connectivity index (χ0v) is 14.3. The van der Waals surface area contributed by atoms with Gasteiger partial charge in [-0.05, 0) is 6.07 Å². The van der Waals surface area contributed by atoms with E-state index in [4.69, 9.17) is 4.74 Å². The van der Waals surface area contributed by atoms with Crippen LogP contribution in [0.2, 0.25) is 0 Å². The van der Waals surface area contributed by atoms with Crippen LogP contribution in [0.3, 0.4) is 0 Å². The number of carbonyl (C=O) groups is 1. The summed E-state index contributed by atoms with van der Waals surface area (Å²) in [6, 6.07) is 7.96. The lowest BCUT2D eigenvalue weighted by Crippen LogP contribution is -2.49. The van der Waals surface area contributed by atoms with Gasteiger partial charge in [-0.3, -0.25) is 9.69 Å². The minimum absolute atomic E-state index is 0.0102. The van der Waals surface area contributed by atoms with Crippen LogP contribution in [-0.4, -0.2) is 47.4 Å². The summed E-state index contributed by atoms with van der Waals surface area (Å²) in [6.07, 6.45) is 0. The number of para-hydroxylation sites is 1. The number of aromatic nitrogens is 1. The van der Waals surface area contributed by atoms with Crippen molar-refractivity contribution in [2.24, 2.45) is 0 Å². The van der Waals surface area contributed by atoms with Crippen LogP contribution in [0, 0.1) is 0 Å². The number of ether oxygens (including phenoxy) is 1. The topological polar surface area (TPSA) is 45.7 Å². The first kappa shape index (κ1) is 16.0. The molecule has 1 aromatic carbocycles. The Morgan fingerprint density at radius 2 is 2.22 bits per heavy atom. The van der Waals surface area contributed by atoms with Crippen LogP contribution in [0.4, 0.5) is 0 Å². The minimum Gasteiger partial charge on any atom is -0.496 e. The van der Waals surface area contributed by atoms with Gasteiger partial charge in [0.2, 0.25) is 5.91 Å². The van der Waals surface area contributed by atoms with Crippen LogP contribution in [0.15, 0.2) is 35.2 Å². The Bertz CT molecular complexity index is 660. The van der Waals surface area contributed by atoms with Crippen molar-refractivity contribution in [3.05, 3.63) is 46.4 Å². The average molecular weight is 331 g/mol. The van der Waals surface area contributed by atoms with E-state index in [0.29, 0.717) is 0 Å². The van der Waals surface area contributed by atoms with Gasteiger partial charge in [-0.25, -0.2) is 4.98 Å². The van der Waals surface area contributed by atoms with Gasteiger partial charge in [-0.2, -0.15) is 0 Å². The van der Waals surface area contributed by atoms with E-state index in [1.54, 1.807) is 25.4 Å². The SMILES string of the molecule is COc1ccccc1C1CN(Cc2cscn2)CCN1C(C)=O. The van der Waals surface area contributed by atoms with E-state index in [-0.39, 0.29) is 11.9 Å².